The normalized spacial score (nSPS) is 10.5. The van der Waals surface area contributed by atoms with E-state index in [1.54, 1.807) is 5.48 Å². The molecule has 0 saturated heterocycles. The molecule has 3 N–H and O–H groups in total. The molecule has 104 valence electrons. The zero-order chi connectivity index (χ0) is 14.2. The SMILES string of the molecule is O=C(CNCC(c1ccccc1)c1ccccc1)NO. The van der Waals surface area contributed by atoms with Gasteiger partial charge in [-0.3, -0.25) is 10.0 Å². The van der Waals surface area contributed by atoms with Crippen LogP contribution in [0.1, 0.15) is 17.0 Å². The smallest absolute Gasteiger partial charge is 0.257 e. The molecule has 4 nitrogen and oxygen atoms in total. The van der Waals surface area contributed by atoms with Gasteiger partial charge in [-0.05, 0) is 11.1 Å². The van der Waals surface area contributed by atoms with E-state index in [2.05, 4.69) is 29.6 Å². The molecule has 0 aromatic heterocycles. The van der Waals surface area contributed by atoms with E-state index in [4.69, 9.17) is 5.21 Å². The summed E-state index contributed by atoms with van der Waals surface area (Å²) in [6, 6.07) is 20.3. The van der Waals surface area contributed by atoms with Gasteiger partial charge in [0.1, 0.15) is 0 Å². The lowest BCUT2D eigenvalue weighted by Crippen LogP contribution is -2.34. The van der Waals surface area contributed by atoms with Gasteiger partial charge in [-0.2, -0.15) is 0 Å². The van der Waals surface area contributed by atoms with Gasteiger partial charge in [0.25, 0.3) is 5.91 Å². The predicted octanol–water partition coefficient (Wildman–Crippen LogP) is 1.91. The molecule has 0 aliphatic carbocycles. The molecule has 0 heterocycles. The Hall–Kier alpha value is -2.17. The average molecular weight is 270 g/mol. The minimum absolute atomic E-state index is 0.0899. The summed E-state index contributed by atoms with van der Waals surface area (Å²) in [5.41, 5.74) is 4.00. The number of benzene rings is 2. The molecular weight excluding hydrogens is 252 g/mol. The van der Waals surface area contributed by atoms with Crippen LogP contribution in [0.5, 0.6) is 0 Å². The number of hydrogen-bond donors (Lipinski definition) is 3. The average Bonchev–Trinajstić information content (AvgIpc) is 2.53. The fraction of sp³-hybridized carbons (Fsp3) is 0.188. The molecule has 4 heteroatoms. The topological polar surface area (TPSA) is 61.4 Å². The predicted molar refractivity (Wildman–Crippen MR) is 77.5 cm³/mol. The molecule has 0 bridgehead atoms. The maximum absolute atomic E-state index is 11.0. The van der Waals surface area contributed by atoms with Gasteiger partial charge < -0.3 is 5.32 Å². The Morgan fingerprint density at radius 2 is 1.45 bits per heavy atom. The highest BCUT2D eigenvalue weighted by Gasteiger charge is 2.13. The second-order valence-corrected chi connectivity index (χ2v) is 4.54. The second-order valence-electron chi connectivity index (χ2n) is 4.54. The van der Waals surface area contributed by atoms with E-state index in [-0.39, 0.29) is 12.5 Å². The van der Waals surface area contributed by atoms with Crippen molar-refractivity contribution >= 4 is 5.91 Å². The third-order valence-corrected chi connectivity index (χ3v) is 3.16. The van der Waals surface area contributed by atoms with Crippen molar-refractivity contribution < 1.29 is 10.0 Å². The van der Waals surface area contributed by atoms with Gasteiger partial charge in [-0.1, -0.05) is 60.7 Å². The maximum Gasteiger partial charge on any atom is 0.257 e. The van der Waals surface area contributed by atoms with Crippen molar-refractivity contribution in [3.05, 3.63) is 71.8 Å². The lowest BCUT2D eigenvalue weighted by atomic mass is 9.91. The van der Waals surface area contributed by atoms with Crippen molar-refractivity contribution in [2.75, 3.05) is 13.1 Å². The summed E-state index contributed by atoms with van der Waals surface area (Å²) in [6.07, 6.45) is 0. The number of amides is 1. The van der Waals surface area contributed by atoms with Crippen molar-refractivity contribution in [2.45, 2.75) is 5.92 Å². The van der Waals surface area contributed by atoms with Crippen LogP contribution in [-0.4, -0.2) is 24.2 Å². The van der Waals surface area contributed by atoms with Gasteiger partial charge in [0.2, 0.25) is 0 Å². The number of carbonyl (C=O) groups excluding carboxylic acids is 1. The van der Waals surface area contributed by atoms with E-state index in [1.807, 2.05) is 36.4 Å². The summed E-state index contributed by atoms with van der Waals surface area (Å²) in [4.78, 5) is 11.0. The fourth-order valence-electron chi connectivity index (χ4n) is 2.17. The second kappa shape index (κ2) is 7.43. The Kier molecular flexibility index (Phi) is 5.29. The fourth-order valence-corrected chi connectivity index (χ4v) is 2.17. The van der Waals surface area contributed by atoms with E-state index >= 15 is 0 Å². The van der Waals surface area contributed by atoms with Gasteiger partial charge in [-0.25, -0.2) is 5.48 Å². The maximum atomic E-state index is 11.0. The van der Waals surface area contributed by atoms with Crippen molar-refractivity contribution in [1.29, 1.82) is 0 Å². The molecule has 20 heavy (non-hydrogen) atoms. The Labute approximate surface area is 118 Å². The molecule has 0 fully saturated rings. The summed E-state index contributed by atoms with van der Waals surface area (Å²) < 4.78 is 0. The summed E-state index contributed by atoms with van der Waals surface area (Å²) in [6.45, 7) is 0.716. The molecule has 1 amide bonds. The molecule has 0 radical (unpaired) electrons. The highest BCUT2D eigenvalue weighted by Crippen LogP contribution is 2.23. The molecule has 0 unspecified atom stereocenters. The van der Waals surface area contributed by atoms with Crippen LogP contribution in [0.25, 0.3) is 0 Å². The van der Waals surface area contributed by atoms with Gasteiger partial charge in [0, 0.05) is 12.5 Å². The van der Waals surface area contributed by atoms with Crippen molar-refractivity contribution in [1.82, 2.24) is 10.8 Å². The first-order chi connectivity index (χ1) is 9.81. The largest absolute Gasteiger partial charge is 0.307 e. The third-order valence-electron chi connectivity index (χ3n) is 3.16. The summed E-state index contributed by atoms with van der Waals surface area (Å²) in [7, 11) is 0. The van der Waals surface area contributed by atoms with Crippen LogP contribution in [-0.2, 0) is 4.79 Å². The molecule has 0 aliphatic rings. The number of nitrogens with one attached hydrogen (secondary N) is 2. The quantitative estimate of drug-likeness (QED) is 0.555. The van der Waals surface area contributed by atoms with Crippen LogP contribution in [0.2, 0.25) is 0 Å². The minimum Gasteiger partial charge on any atom is -0.307 e. The molecule has 2 aromatic carbocycles. The van der Waals surface area contributed by atoms with Crippen LogP contribution in [0.3, 0.4) is 0 Å². The van der Waals surface area contributed by atoms with Crippen LogP contribution in [0.4, 0.5) is 0 Å². The summed E-state index contributed by atoms with van der Waals surface area (Å²) in [5, 5.41) is 11.6. The first-order valence-electron chi connectivity index (χ1n) is 6.55. The standard InChI is InChI=1S/C16H18N2O2/c19-16(18-20)12-17-11-15(13-7-3-1-4-8-13)14-9-5-2-6-10-14/h1-10,15,17,20H,11-12H2,(H,18,19). The van der Waals surface area contributed by atoms with E-state index in [0.29, 0.717) is 6.54 Å². The number of hydrogen-bond acceptors (Lipinski definition) is 3. The molecule has 0 aliphatic heterocycles. The first-order valence-corrected chi connectivity index (χ1v) is 6.55. The first kappa shape index (κ1) is 14.2. The van der Waals surface area contributed by atoms with Gasteiger partial charge in [-0.15, -0.1) is 0 Å². The number of rotatable bonds is 6. The highest BCUT2D eigenvalue weighted by atomic mass is 16.5. The lowest BCUT2D eigenvalue weighted by molar-refractivity contribution is -0.128. The Bertz CT molecular complexity index is 489. The summed E-state index contributed by atoms with van der Waals surface area (Å²) >= 11 is 0. The minimum atomic E-state index is -0.440. The van der Waals surface area contributed by atoms with E-state index < -0.39 is 5.91 Å². The van der Waals surface area contributed by atoms with Crippen LogP contribution >= 0.6 is 0 Å². The lowest BCUT2D eigenvalue weighted by Gasteiger charge is -2.18. The van der Waals surface area contributed by atoms with Gasteiger partial charge in [0.05, 0.1) is 6.54 Å². The van der Waals surface area contributed by atoms with E-state index in [0.717, 1.165) is 0 Å². The van der Waals surface area contributed by atoms with E-state index in [1.165, 1.54) is 11.1 Å². The van der Waals surface area contributed by atoms with Crippen LogP contribution < -0.4 is 10.8 Å². The Morgan fingerprint density at radius 3 is 1.90 bits per heavy atom. The molecule has 0 spiro atoms. The van der Waals surface area contributed by atoms with Crippen molar-refractivity contribution in [2.24, 2.45) is 0 Å². The van der Waals surface area contributed by atoms with Gasteiger partial charge in [0.15, 0.2) is 0 Å². The van der Waals surface area contributed by atoms with Crippen LogP contribution in [0.15, 0.2) is 60.7 Å². The van der Waals surface area contributed by atoms with Crippen molar-refractivity contribution in [3.63, 3.8) is 0 Å². The zero-order valence-electron chi connectivity index (χ0n) is 11.1. The molecular formula is C16H18N2O2. The molecule has 2 rings (SSSR count). The van der Waals surface area contributed by atoms with Crippen molar-refractivity contribution in [3.8, 4) is 0 Å². The highest BCUT2D eigenvalue weighted by molar-refractivity contribution is 5.76. The number of carbonyl (C=O) groups is 1. The molecule has 2 aromatic rings. The van der Waals surface area contributed by atoms with Crippen LogP contribution in [0, 0.1) is 0 Å². The van der Waals surface area contributed by atoms with Gasteiger partial charge >= 0.3 is 0 Å². The third kappa shape index (κ3) is 3.91. The molecule has 0 saturated carbocycles. The Morgan fingerprint density at radius 1 is 0.950 bits per heavy atom. The Balaban J connectivity index is 2.11. The zero-order valence-corrected chi connectivity index (χ0v) is 11.1. The monoisotopic (exact) mass is 270 g/mol. The van der Waals surface area contributed by atoms with E-state index in [9.17, 15) is 4.79 Å². The summed E-state index contributed by atoms with van der Waals surface area (Å²) in [5.74, 6) is -0.270. The molecule has 0 atom stereocenters. The number of hydroxylamine groups is 1.